The summed E-state index contributed by atoms with van der Waals surface area (Å²) < 4.78 is 37.1. The quantitative estimate of drug-likeness (QED) is 0.816. The van der Waals surface area contributed by atoms with Crippen molar-refractivity contribution in [3.05, 3.63) is 59.5 Å². The molecule has 0 spiro atoms. The Hall–Kier alpha value is -2.48. The molecule has 1 aromatic carbocycles. The highest BCUT2D eigenvalue weighted by Crippen LogP contribution is 2.22. The zero-order chi connectivity index (χ0) is 19.4. The molecule has 1 aliphatic rings. The maximum Gasteiger partial charge on any atom is 0.253 e. The fourth-order valence-electron chi connectivity index (χ4n) is 3.24. The van der Waals surface area contributed by atoms with Gasteiger partial charge in [0.15, 0.2) is 9.84 Å². The van der Waals surface area contributed by atoms with Gasteiger partial charge in [0.25, 0.3) is 5.91 Å². The predicted molar refractivity (Wildman–Crippen MR) is 102 cm³/mol. The van der Waals surface area contributed by atoms with Gasteiger partial charge in [-0.1, -0.05) is 18.2 Å². The number of aromatic nitrogens is 1. The van der Waals surface area contributed by atoms with Crippen molar-refractivity contribution in [1.29, 1.82) is 0 Å². The van der Waals surface area contributed by atoms with Crippen LogP contribution in [0, 0.1) is 5.82 Å². The van der Waals surface area contributed by atoms with Gasteiger partial charge >= 0.3 is 0 Å². The monoisotopic (exact) mass is 391 g/mol. The van der Waals surface area contributed by atoms with Crippen molar-refractivity contribution in [3.8, 4) is 0 Å². The van der Waals surface area contributed by atoms with Crippen molar-refractivity contribution in [3.63, 3.8) is 0 Å². The second-order valence-corrected chi connectivity index (χ2v) is 8.75. The maximum absolute atomic E-state index is 13.6. The fraction of sp³-hybridized carbons (Fsp3) is 0.368. The molecule has 144 valence electrons. The first-order valence-electron chi connectivity index (χ1n) is 8.84. The number of amides is 1. The van der Waals surface area contributed by atoms with Crippen LogP contribution in [0.3, 0.4) is 0 Å². The van der Waals surface area contributed by atoms with E-state index >= 15 is 0 Å². The molecule has 1 fully saturated rings. The number of hydrogen-bond donors (Lipinski definition) is 1. The van der Waals surface area contributed by atoms with E-state index in [4.69, 9.17) is 0 Å². The number of nitrogens with zero attached hydrogens (tertiary/aromatic N) is 2. The highest BCUT2D eigenvalue weighted by Gasteiger charge is 2.32. The smallest absolute Gasteiger partial charge is 0.253 e. The summed E-state index contributed by atoms with van der Waals surface area (Å²) in [4.78, 5) is 18.5. The van der Waals surface area contributed by atoms with Crippen LogP contribution in [-0.4, -0.2) is 43.4 Å². The van der Waals surface area contributed by atoms with E-state index in [1.165, 1.54) is 12.3 Å². The lowest BCUT2D eigenvalue weighted by Crippen LogP contribution is -2.36. The van der Waals surface area contributed by atoms with E-state index in [0.717, 1.165) is 0 Å². The van der Waals surface area contributed by atoms with Crippen molar-refractivity contribution in [2.24, 2.45) is 0 Å². The second-order valence-electron chi connectivity index (χ2n) is 6.52. The predicted octanol–water partition coefficient (Wildman–Crippen LogP) is 2.16. The van der Waals surface area contributed by atoms with Crippen LogP contribution in [0.1, 0.15) is 29.3 Å². The average molecular weight is 391 g/mol. The van der Waals surface area contributed by atoms with Crippen molar-refractivity contribution in [2.75, 3.05) is 23.0 Å². The van der Waals surface area contributed by atoms with Gasteiger partial charge in [-0.2, -0.15) is 0 Å². The Morgan fingerprint density at radius 1 is 1.30 bits per heavy atom. The number of halogens is 1. The molecule has 1 saturated heterocycles. The third-order valence-electron chi connectivity index (χ3n) is 4.69. The Morgan fingerprint density at radius 2 is 2.07 bits per heavy atom. The van der Waals surface area contributed by atoms with Crippen LogP contribution in [-0.2, 0) is 16.4 Å². The number of hydrogen-bond acceptors (Lipinski definition) is 5. The van der Waals surface area contributed by atoms with Crippen molar-refractivity contribution < 1.29 is 17.6 Å². The Labute approximate surface area is 158 Å². The van der Waals surface area contributed by atoms with Gasteiger partial charge in [-0.3, -0.25) is 4.79 Å². The van der Waals surface area contributed by atoms with Gasteiger partial charge in [-0.05, 0) is 31.5 Å². The highest BCUT2D eigenvalue weighted by atomic mass is 32.2. The molecule has 1 unspecified atom stereocenters. The summed E-state index contributed by atoms with van der Waals surface area (Å²) in [5, 5.41) is 2.67. The Balaban J connectivity index is 1.65. The minimum atomic E-state index is -2.98. The zero-order valence-corrected chi connectivity index (χ0v) is 15.9. The van der Waals surface area contributed by atoms with Gasteiger partial charge in [0.05, 0.1) is 17.1 Å². The number of anilines is 1. The molecule has 0 saturated carbocycles. The summed E-state index contributed by atoms with van der Waals surface area (Å²) in [6.07, 6.45) is 2.04. The number of nitrogens with one attached hydrogen (secondary N) is 1. The van der Waals surface area contributed by atoms with E-state index < -0.39 is 9.84 Å². The van der Waals surface area contributed by atoms with E-state index in [2.05, 4.69) is 10.3 Å². The number of pyridine rings is 1. The lowest BCUT2D eigenvalue weighted by atomic mass is 10.2. The van der Waals surface area contributed by atoms with Crippen LogP contribution in [0.25, 0.3) is 0 Å². The molecule has 0 radical (unpaired) electrons. The Morgan fingerprint density at radius 3 is 2.67 bits per heavy atom. The van der Waals surface area contributed by atoms with Crippen molar-refractivity contribution in [1.82, 2.24) is 10.3 Å². The van der Waals surface area contributed by atoms with Crippen LogP contribution >= 0.6 is 0 Å². The Bertz CT molecular complexity index is 916. The first kappa shape index (κ1) is 19.3. The summed E-state index contributed by atoms with van der Waals surface area (Å²) in [5.41, 5.74) is 0.778. The highest BCUT2D eigenvalue weighted by molar-refractivity contribution is 7.91. The first-order valence-corrected chi connectivity index (χ1v) is 10.7. The summed E-state index contributed by atoms with van der Waals surface area (Å²) in [6.45, 7) is 2.67. The van der Waals surface area contributed by atoms with Gasteiger partial charge in [0.2, 0.25) is 0 Å². The van der Waals surface area contributed by atoms with Gasteiger partial charge in [0, 0.05) is 30.9 Å². The lowest BCUT2D eigenvalue weighted by molar-refractivity contribution is 0.0950. The van der Waals surface area contributed by atoms with E-state index in [1.54, 1.807) is 30.3 Å². The number of benzene rings is 1. The molecule has 2 aromatic rings. The largest absolute Gasteiger partial charge is 0.353 e. The third kappa shape index (κ3) is 4.63. The molecule has 0 bridgehead atoms. The normalized spacial score (nSPS) is 18.2. The molecule has 6 nitrogen and oxygen atoms in total. The van der Waals surface area contributed by atoms with E-state index in [1.807, 2.05) is 11.8 Å². The van der Waals surface area contributed by atoms with E-state index in [-0.39, 0.29) is 35.8 Å². The topological polar surface area (TPSA) is 79.4 Å². The lowest BCUT2D eigenvalue weighted by Gasteiger charge is -2.27. The molecule has 1 atom stereocenters. The number of carbonyl (C=O) groups excluding carboxylic acids is 1. The molecular formula is C19H22FN3O3S. The van der Waals surface area contributed by atoms with Gasteiger partial charge in [-0.15, -0.1) is 0 Å². The molecule has 0 aliphatic carbocycles. The summed E-state index contributed by atoms with van der Waals surface area (Å²) in [7, 11) is -2.98. The molecule has 1 aromatic heterocycles. The van der Waals surface area contributed by atoms with Crippen molar-refractivity contribution >= 4 is 21.6 Å². The third-order valence-corrected chi connectivity index (χ3v) is 6.44. The van der Waals surface area contributed by atoms with Gasteiger partial charge in [-0.25, -0.2) is 17.8 Å². The summed E-state index contributed by atoms with van der Waals surface area (Å²) >= 11 is 0. The zero-order valence-electron chi connectivity index (χ0n) is 15.1. The maximum atomic E-state index is 13.6. The number of carbonyl (C=O) groups is 1. The standard InChI is InChI=1S/C19H22FN3O3S/c1-2-23(16-9-10-27(25,26)13-16)18-8-7-15(12-21-18)19(24)22-11-14-5-3-4-6-17(14)20/h3-8,12,16H,2,9-11,13H2,1H3,(H,22,24). The van der Waals surface area contributed by atoms with E-state index in [9.17, 15) is 17.6 Å². The average Bonchev–Trinajstić information content (AvgIpc) is 3.01. The molecule has 8 heteroatoms. The molecule has 1 N–H and O–H groups in total. The molecule has 2 heterocycles. The van der Waals surface area contributed by atoms with Gasteiger partial charge in [0.1, 0.15) is 11.6 Å². The molecule has 1 amide bonds. The molecular weight excluding hydrogens is 369 g/mol. The summed E-state index contributed by atoms with van der Waals surface area (Å²) in [6, 6.07) is 9.54. The van der Waals surface area contributed by atoms with E-state index in [0.29, 0.717) is 29.9 Å². The molecule has 3 rings (SSSR count). The van der Waals surface area contributed by atoms with Crippen LogP contribution < -0.4 is 10.2 Å². The number of sulfone groups is 1. The van der Waals surface area contributed by atoms with Crippen LogP contribution in [0.5, 0.6) is 0 Å². The molecule has 1 aliphatic heterocycles. The van der Waals surface area contributed by atoms with Crippen LogP contribution in [0.2, 0.25) is 0 Å². The fourth-order valence-corrected chi connectivity index (χ4v) is 4.97. The minimum absolute atomic E-state index is 0.0896. The van der Waals surface area contributed by atoms with Crippen molar-refractivity contribution in [2.45, 2.75) is 25.9 Å². The SMILES string of the molecule is CCN(c1ccc(C(=O)NCc2ccccc2F)cn1)C1CCS(=O)(=O)C1. The summed E-state index contributed by atoms with van der Waals surface area (Å²) in [5.74, 6) is 0.267. The van der Waals surface area contributed by atoms with Crippen LogP contribution in [0.15, 0.2) is 42.6 Å². The number of rotatable bonds is 6. The van der Waals surface area contributed by atoms with Crippen LogP contribution in [0.4, 0.5) is 10.2 Å². The van der Waals surface area contributed by atoms with Gasteiger partial charge < -0.3 is 10.2 Å². The first-order chi connectivity index (χ1) is 12.9. The minimum Gasteiger partial charge on any atom is -0.353 e. The molecule has 27 heavy (non-hydrogen) atoms. The second kappa shape index (κ2) is 8.04. The Kier molecular flexibility index (Phi) is 5.74.